The summed E-state index contributed by atoms with van der Waals surface area (Å²) in [6.07, 6.45) is 4.41. The summed E-state index contributed by atoms with van der Waals surface area (Å²) in [5.41, 5.74) is 6.90. The Hall–Kier alpha value is -1.13. The molecule has 1 aliphatic rings. The molecule has 1 aliphatic carbocycles. The lowest BCUT2D eigenvalue weighted by Crippen LogP contribution is -2.30. The molecule has 0 spiro atoms. The minimum Gasteiger partial charge on any atom is -0.383 e. The van der Waals surface area contributed by atoms with Crippen molar-refractivity contribution in [2.24, 2.45) is 5.73 Å². The maximum atomic E-state index is 5.82. The van der Waals surface area contributed by atoms with Crippen LogP contribution in [0.3, 0.4) is 0 Å². The van der Waals surface area contributed by atoms with E-state index in [1.165, 1.54) is 12.8 Å². The van der Waals surface area contributed by atoms with E-state index in [9.17, 15) is 0 Å². The number of rotatable bonds is 6. The highest BCUT2D eigenvalue weighted by molar-refractivity contribution is 5.42. The summed E-state index contributed by atoms with van der Waals surface area (Å²) in [5, 5.41) is 0. The van der Waals surface area contributed by atoms with E-state index in [1.54, 1.807) is 7.11 Å². The average Bonchev–Trinajstić information content (AvgIpc) is 3.14. The molecule has 0 aromatic carbocycles. The zero-order valence-corrected chi connectivity index (χ0v) is 10.6. The van der Waals surface area contributed by atoms with E-state index in [0.717, 1.165) is 24.5 Å². The Morgan fingerprint density at radius 2 is 2.29 bits per heavy atom. The van der Waals surface area contributed by atoms with Crippen LogP contribution in [0.2, 0.25) is 0 Å². The van der Waals surface area contributed by atoms with Gasteiger partial charge >= 0.3 is 0 Å². The van der Waals surface area contributed by atoms with Gasteiger partial charge in [0, 0.05) is 31.9 Å². The molecule has 1 aromatic heterocycles. The molecule has 4 heteroatoms. The Morgan fingerprint density at radius 1 is 1.53 bits per heavy atom. The van der Waals surface area contributed by atoms with Gasteiger partial charge in [-0.15, -0.1) is 0 Å². The van der Waals surface area contributed by atoms with Crippen molar-refractivity contribution in [2.45, 2.75) is 31.8 Å². The van der Waals surface area contributed by atoms with Gasteiger partial charge in [0.2, 0.25) is 0 Å². The molecule has 17 heavy (non-hydrogen) atoms. The maximum absolute atomic E-state index is 5.82. The molecule has 0 radical (unpaired) electrons. The summed E-state index contributed by atoms with van der Waals surface area (Å²) >= 11 is 0. The molecule has 0 unspecified atom stereocenters. The van der Waals surface area contributed by atoms with Crippen molar-refractivity contribution >= 4 is 5.82 Å². The lowest BCUT2D eigenvalue weighted by molar-refractivity contribution is 0.204. The number of ether oxygens (including phenoxy) is 1. The molecular formula is C13H21N3O. The fourth-order valence-electron chi connectivity index (χ4n) is 1.90. The molecule has 94 valence electrons. The summed E-state index contributed by atoms with van der Waals surface area (Å²) in [4.78, 5) is 6.83. The predicted octanol–water partition coefficient (Wildman–Crippen LogP) is 1.72. The number of anilines is 1. The standard InChI is InChI=1S/C13H21N3O/c1-10(14)11-3-6-13(15-9-11)16(7-8-17-2)12-4-5-12/h3,6,9-10,12H,4-5,7-8,14H2,1-2H3/t10-/m0/s1. The minimum atomic E-state index is 0.0462. The molecule has 2 N–H and O–H groups in total. The number of hydrogen-bond acceptors (Lipinski definition) is 4. The first-order valence-corrected chi connectivity index (χ1v) is 6.19. The Balaban J connectivity index is 2.07. The van der Waals surface area contributed by atoms with E-state index in [2.05, 4.69) is 22.0 Å². The van der Waals surface area contributed by atoms with Crippen LogP contribution in [0.1, 0.15) is 31.4 Å². The summed E-state index contributed by atoms with van der Waals surface area (Å²) in [6.45, 7) is 3.62. The van der Waals surface area contributed by atoms with Gasteiger partial charge in [-0.25, -0.2) is 4.98 Å². The molecule has 2 rings (SSSR count). The monoisotopic (exact) mass is 235 g/mol. The Morgan fingerprint density at radius 3 is 2.76 bits per heavy atom. The first-order chi connectivity index (χ1) is 8.22. The van der Waals surface area contributed by atoms with E-state index in [1.807, 2.05) is 13.1 Å². The van der Waals surface area contributed by atoms with Gasteiger partial charge in [0.05, 0.1) is 6.61 Å². The fourth-order valence-corrected chi connectivity index (χ4v) is 1.90. The van der Waals surface area contributed by atoms with Crippen molar-refractivity contribution in [3.05, 3.63) is 23.9 Å². The molecule has 1 heterocycles. The van der Waals surface area contributed by atoms with Crippen molar-refractivity contribution in [3.63, 3.8) is 0 Å². The van der Waals surface area contributed by atoms with Crippen molar-refractivity contribution in [3.8, 4) is 0 Å². The fraction of sp³-hybridized carbons (Fsp3) is 0.615. The van der Waals surface area contributed by atoms with E-state index in [0.29, 0.717) is 6.04 Å². The molecule has 0 amide bonds. The molecule has 0 bridgehead atoms. The van der Waals surface area contributed by atoms with Crippen molar-refractivity contribution < 1.29 is 4.74 Å². The lowest BCUT2D eigenvalue weighted by atomic mass is 10.1. The van der Waals surface area contributed by atoms with Gasteiger partial charge in [0.15, 0.2) is 0 Å². The molecule has 4 nitrogen and oxygen atoms in total. The normalized spacial score (nSPS) is 16.9. The molecule has 1 atom stereocenters. The van der Waals surface area contributed by atoms with E-state index >= 15 is 0 Å². The highest BCUT2D eigenvalue weighted by Gasteiger charge is 2.29. The smallest absolute Gasteiger partial charge is 0.128 e. The number of methoxy groups -OCH3 is 1. The van der Waals surface area contributed by atoms with Crippen LogP contribution >= 0.6 is 0 Å². The molecule has 1 saturated carbocycles. The molecule has 1 aromatic rings. The van der Waals surface area contributed by atoms with Crippen molar-refractivity contribution in [1.82, 2.24) is 4.98 Å². The quantitative estimate of drug-likeness (QED) is 0.815. The zero-order valence-electron chi connectivity index (χ0n) is 10.6. The van der Waals surface area contributed by atoms with Gasteiger partial charge < -0.3 is 15.4 Å². The van der Waals surface area contributed by atoms with Crippen LogP contribution in [-0.2, 0) is 4.74 Å². The van der Waals surface area contributed by atoms with Gasteiger partial charge in [0.1, 0.15) is 5.82 Å². The van der Waals surface area contributed by atoms with Crippen molar-refractivity contribution in [2.75, 3.05) is 25.2 Å². The van der Waals surface area contributed by atoms with Crippen LogP contribution in [0.25, 0.3) is 0 Å². The second kappa shape index (κ2) is 5.47. The molecule has 0 aliphatic heterocycles. The zero-order chi connectivity index (χ0) is 12.3. The molecular weight excluding hydrogens is 214 g/mol. The summed E-state index contributed by atoms with van der Waals surface area (Å²) < 4.78 is 5.14. The van der Waals surface area contributed by atoms with Crippen LogP contribution in [0.5, 0.6) is 0 Å². The second-order valence-corrected chi connectivity index (χ2v) is 4.66. The highest BCUT2D eigenvalue weighted by Crippen LogP contribution is 2.30. The van der Waals surface area contributed by atoms with Crippen LogP contribution in [0, 0.1) is 0 Å². The summed E-state index contributed by atoms with van der Waals surface area (Å²) in [5.74, 6) is 1.04. The SMILES string of the molecule is COCCN(c1ccc([C@H](C)N)cn1)C1CC1. The van der Waals surface area contributed by atoms with Crippen LogP contribution < -0.4 is 10.6 Å². The lowest BCUT2D eigenvalue weighted by Gasteiger charge is -2.23. The number of pyridine rings is 1. The summed E-state index contributed by atoms with van der Waals surface area (Å²) in [7, 11) is 1.73. The minimum absolute atomic E-state index is 0.0462. The van der Waals surface area contributed by atoms with E-state index in [4.69, 9.17) is 10.5 Å². The maximum Gasteiger partial charge on any atom is 0.128 e. The predicted molar refractivity (Wildman–Crippen MR) is 69.1 cm³/mol. The van der Waals surface area contributed by atoms with Crippen LogP contribution in [-0.4, -0.2) is 31.3 Å². The topological polar surface area (TPSA) is 51.4 Å². The largest absolute Gasteiger partial charge is 0.383 e. The number of nitrogens with zero attached hydrogens (tertiary/aromatic N) is 2. The molecule has 1 fully saturated rings. The van der Waals surface area contributed by atoms with Crippen LogP contribution in [0.4, 0.5) is 5.82 Å². The first-order valence-electron chi connectivity index (χ1n) is 6.19. The second-order valence-electron chi connectivity index (χ2n) is 4.66. The summed E-state index contributed by atoms with van der Waals surface area (Å²) in [6, 6.07) is 4.82. The third-order valence-corrected chi connectivity index (χ3v) is 3.11. The highest BCUT2D eigenvalue weighted by atomic mass is 16.5. The van der Waals surface area contributed by atoms with Gasteiger partial charge in [-0.3, -0.25) is 0 Å². The number of aromatic nitrogens is 1. The average molecular weight is 235 g/mol. The third-order valence-electron chi connectivity index (χ3n) is 3.11. The Kier molecular flexibility index (Phi) is 3.97. The van der Waals surface area contributed by atoms with E-state index < -0.39 is 0 Å². The van der Waals surface area contributed by atoms with Gasteiger partial charge in [-0.05, 0) is 31.4 Å². The van der Waals surface area contributed by atoms with Gasteiger partial charge in [0.25, 0.3) is 0 Å². The van der Waals surface area contributed by atoms with E-state index in [-0.39, 0.29) is 6.04 Å². The van der Waals surface area contributed by atoms with Crippen LogP contribution in [0.15, 0.2) is 18.3 Å². The number of hydrogen-bond donors (Lipinski definition) is 1. The molecule has 0 saturated heterocycles. The Bertz CT molecular complexity index is 346. The van der Waals surface area contributed by atoms with Crippen molar-refractivity contribution in [1.29, 1.82) is 0 Å². The van der Waals surface area contributed by atoms with Gasteiger partial charge in [-0.1, -0.05) is 6.07 Å². The van der Waals surface area contributed by atoms with Gasteiger partial charge in [-0.2, -0.15) is 0 Å². The number of nitrogens with two attached hydrogens (primary N) is 1. The first kappa shape index (κ1) is 12.3. The Labute approximate surface area is 103 Å². The third kappa shape index (κ3) is 3.17.